The van der Waals surface area contributed by atoms with E-state index in [1.54, 1.807) is 40.9 Å². The number of benzene rings is 2. The molecule has 1 saturated heterocycles. The van der Waals surface area contributed by atoms with Gasteiger partial charge in [-0.05, 0) is 67.4 Å². The van der Waals surface area contributed by atoms with E-state index in [0.29, 0.717) is 34.6 Å². The summed E-state index contributed by atoms with van der Waals surface area (Å²) in [4.78, 5) is 20.0. The lowest BCUT2D eigenvalue weighted by Crippen LogP contribution is -2.32. The molecular weight excluding hydrogens is 506 g/mol. The topological polar surface area (TPSA) is 83.7 Å². The summed E-state index contributed by atoms with van der Waals surface area (Å²) in [6.45, 7) is 1.25. The van der Waals surface area contributed by atoms with Crippen molar-refractivity contribution in [3.63, 3.8) is 0 Å². The Labute approximate surface area is 213 Å². The molecule has 0 spiro atoms. The third kappa shape index (κ3) is 5.13. The van der Waals surface area contributed by atoms with Crippen LogP contribution in [0.1, 0.15) is 41.8 Å². The van der Waals surface area contributed by atoms with Crippen LogP contribution in [0.5, 0.6) is 0 Å². The Kier molecular flexibility index (Phi) is 6.93. The van der Waals surface area contributed by atoms with Crippen molar-refractivity contribution in [2.24, 2.45) is 0 Å². The van der Waals surface area contributed by atoms with Crippen molar-refractivity contribution in [1.29, 1.82) is 0 Å². The van der Waals surface area contributed by atoms with Gasteiger partial charge in [0.15, 0.2) is 5.13 Å². The zero-order valence-corrected chi connectivity index (χ0v) is 21.3. The van der Waals surface area contributed by atoms with Gasteiger partial charge in [0.2, 0.25) is 10.0 Å². The predicted octanol–water partition coefficient (Wildman–Crippen LogP) is 5.95. The number of anilines is 1. The maximum atomic E-state index is 13.6. The van der Waals surface area contributed by atoms with Crippen LogP contribution in [-0.2, 0) is 16.6 Å². The van der Waals surface area contributed by atoms with Crippen molar-refractivity contribution in [3.8, 4) is 0 Å². The molecule has 182 valence electrons. The number of carbonyl (C=O) groups excluding carboxylic acids is 1. The van der Waals surface area contributed by atoms with Crippen molar-refractivity contribution in [3.05, 3.63) is 77.2 Å². The van der Waals surface area contributed by atoms with Gasteiger partial charge >= 0.3 is 0 Å². The largest absolute Gasteiger partial charge is 0.467 e. The third-order valence-corrected chi connectivity index (χ3v) is 9.20. The monoisotopic (exact) mass is 529 g/mol. The molecule has 4 aromatic rings. The van der Waals surface area contributed by atoms with Gasteiger partial charge in [-0.2, -0.15) is 4.31 Å². The van der Waals surface area contributed by atoms with E-state index < -0.39 is 10.0 Å². The standard InChI is InChI=1S/C25H24ClN3O4S2/c26-19-9-12-22-23(16-19)34-25(27-22)29(17-20-6-5-15-33-20)24(30)18-7-10-21(11-8-18)35(31,32)28-13-3-1-2-4-14-28/h5-12,15-16H,1-4,13-14,17H2. The highest BCUT2D eigenvalue weighted by Crippen LogP contribution is 2.32. The van der Waals surface area contributed by atoms with Gasteiger partial charge in [-0.3, -0.25) is 9.69 Å². The number of hydrogen-bond acceptors (Lipinski definition) is 6. The van der Waals surface area contributed by atoms with Crippen LogP contribution >= 0.6 is 22.9 Å². The fraction of sp³-hybridized carbons (Fsp3) is 0.280. The maximum Gasteiger partial charge on any atom is 0.260 e. The van der Waals surface area contributed by atoms with Gasteiger partial charge < -0.3 is 4.42 Å². The quantitative estimate of drug-likeness (QED) is 0.308. The summed E-state index contributed by atoms with van der Waals surface area (Å²) in [6, 6.07) is 15.1. The number of rotatable bonds is 6. The van der Waals surface area contributed by atoms with Crippen LogP contribution in [0.2, 0.25) is 5.02 Å². The van der Waals surface area contributed by atoms with Crippen LogP contribution in [-0.4, -0.2) is 36.7 Å². The Morgan fingerprint density at radius 2 is 1.80 bits per heavy atom. The summed E-state index contributed by atoms with van der Waals surface area (Å²) in [6.07, 6.45) is 5.38. The average Bonchev–Trinajstić information content (AvgIpc) is 3.43. The molecule has 0 atom stereocenters. The van der Waals surface area contributed by atoms with E-state index in [9.17, 15) is 13.2 Å². The fourth-order valence-corrected chi connectivity index (χ4v) is 6.90. The molecule has 7 nitrogen and oxygen atoms in total. The molecule has 1 amide bonds. The van der Waals surface area contributed by atoms with Crippen molar-refractivity contribution in [2.45, 2.75) is 37.1 Å². The highest BCUT2D eigenvalue weighted by Gasteiger charge is 2.27. The van der Waals surface area contributed by atoms with Gasteiger partial charge in [0.1, 0.15) is 5.76 Å². The highest BCUT2D eigenvalue weighted by atomic mass is 35.5. The summed E-state index contributed by atoms with van der Waals surface area (Å²) in [5, 5.41) is 1.10. The average molecular weight is 530 g/mol. The second kappa shape index (κ2) is 10.1. The summed E-state index contributed by atoms with van der Waals surface area (Å²) in [5.41, 5.74) is 1.11. The zero-order chi connectivity index (χ0) is 24.4. The molecule has 0 N–H and O–H groups in total. The Bertz CT molecular complexity index is 1430. The minimum Gasteiger partial charge on any atom is -0.467 e. The molecule has 5 rings (SSSR count). The predicted molar refractivity (Wildman–Crippen MR) is 138 cm³/mol. The minimum absolute atomic E-state index is 0.188. The van der Waals surface area contributed by atoms with Crippen LogP contribution in [0.4, 0.5) is 5.13 Å². The summed E-state index contributed by atoms with van der Waals surface area (Å²) >= 11 is 7.49. The molecule has 0 radical (unpaired) electrons. The van der Waals surface area contributed by atoms with E-state index in [2.05, 4.69) is 4.98 Å². The van der Waals surface area contributed by atoms with Crippen molar-refractivity contribution >= 4 is 54.2 Å². The summed E-state index contributed by atoms with van der Waals surface area (Å²) in [7, 11) is -3.59. The maximum absolute atomic E-state index is 13.6. The smallest absolute Gasteiger partial charge is 0.260 e. The highest BCUT2D eigenvalue weighted by molar-refractivity contribution is 7.89. The lowest BCUT2D eigenvalue weighted by molar-refractivity contribution is 0.0983. The molecule has 35 heavy (non-hydrogen) atoms. The van der Waals surface area contributed by atoms with E-state index in [0.717, 1.165) is 35.9 Å². The number of halogens is 1. The first kappa shape index (κ1) is 24.0. The first-order valence-corrected chi connectivity index (χ1v) is 14.1. The molecule has 0 bridgehead atoms. The molecule has 2 aromatic carbocycles. The van der Waals surface area contributed by atoms with Crippen LogP contribution in [0.3, 0.4) is 0 Å². The zero-order valence-electron chi connectivity index (χ0n) is 18.9. The molecule has 10 heteroatoms. The van der Waals surface area contributed by atoms with Gasteiger partial charge in [-0.25, -0.2) is 13.4 Å². The van der Waals surface area contributed by atoms with Crippen molar-refractivity contribution in [2.75, 3.05) is 18.0 Å². The molecule has 1 aliphatic heterocycles. The lowest BCUT2D eigenvalue weighted by atomic mass is 10.2. The molecule has 3 heterocycles. The van der Waals surface area contributed by atoms with E-state index in [4.69, 9.17) is 16.0 Å². The molecular formula is C25H24ClN3O4S2. The van der Waals surface area contributed by atoms with Crippen LogP contribution in [0.25, 0.3) is 10.2 Å². The van der Waals surface area contributed by atoms with Gasteiger partial charge in [0, 0.05) is 23.7 Å². The van der Waals surface area contributed by atoms with Gasteiger partial charge in [0.25, 0.3) is 5.91 Å². The Morgan fingerprint density at radius 3 is 2.49 bits per heavy atom. The van der Waals surface area contributed by atoms with Gasteiger partial charge in [0.05, 0.1) is 27.9 Å². The SMILES string of the molecule is O=C(c1ccc(S(=O)(=O)N2CCCCCC2)cc1)N(Cc1ccco1)c1nc2ccc(Cl)cc2s1. The Balaban J connectivity index is 1.45. The number of sulfonamides is 1. The number of aromatic nitrogens is 1. The molecule has 0 unspecified atom stereocenters. The Hall–Kier alpha value is -2.72. The number of furan rings is 1. The van der Waals surface area contributed by atoms with Crippen LogP contribution in [0, 0.1) is 0 Å². The summed E-state index contributed by atoms with van der Waals surface area (Å²) < 4.78 is 34.1. The first-order chi connectivity index (χ1) is 16.9. The van der Waals surface area contributed by atoms with Gasteiger partial charge in [-0.1, -0.05) is 35.8 Å². The Morgan fingerprint density at radius 1 is 1.06 bits per heavy atom. The number of amides is 1. The van der Waals surface area contributed by atoms with Crippen LogP contribution < -0.4 is 4.90 Å². The number of carbonyl (C=O) groups is 1. The van der Waals surface area contributed by atoms with E-state index >= 15 is 0 Å². The molecule has 1 fully saturated rings. The van der Waals surface area contributed by atoms with Crippen LogP contribution in [0.15, 0.2) is 70.2 Å². The van der Waals surface area contributed by atoms with Gasteiger partial charge in [-0.15, -0.1) is 0 Å². The van der Waals surface area contributed by atoms with E-state index in [1.807, 2.05) is 12.1 Å². The number of thiazole rings is 1. The van der Waals surface area contributed by atoms with E-state index in [-0.39, 0.29) is 17.3 Å². The molecule has 2 aromatic heterocycles. The normalized spacial score (nSPS) is 15.2. The number of fused-ring (bicyclic) bond motifs is 1. The number of hydrogen-bond donors (Lipinski definition) is 0. The number of nitrogens with zero attached hydrogens (tertiary/aromatic N) is 3. The summed E-state index contributed by atoms with van der Waals surface area (Å²) in [5.74, 6) is 0.307. The fourth-order valence-electron chi connectivity index (χ4n) is 4.14. The first-order valence-electron chi connectivity index (χ1n) is 11.4. The van der Waals surface area contributed by atoms with E-state index in [1.165, 1.54) is 28.4 Å². The second-order valence-corrected chi connectivity index (χ2v) is 11.8. The van der Waals surface area contributed by atoms with Crippen molar-refractivity contribution in [1.82, 2.24) is 9.29 Å². The second-order valence-electron chi connectivity index (χ2n) is 8.42. The molecule has 1 aliphatic rings. The molecule has 0 saturated carbocycles. The lowest BCUT2D eigenvalue weighted by Gasteiger charge is -2.21. The van der Waals surface area contributed by atoms with Crippen molar-refractivity contribution < 1.29 is 17.6 Å². The minimum atomic E-state index is -3.59. The molecule has 0 aliphatic carbocycles. The third-order valence-electron chi connectivity index (χ3n) is 6.01.